The first kappa shape index (κ1) is 15.8. The molecule has 0 bridgehead atoms. The molecule has 2 aliphatic rings. The monoisotopic (exact) mass is 296 g/mol. The van der Waals surface area contributed by atoms with Gasteiger partial charge in [-0.1, -0.05) is 25.7 Å². The van der Waals surface area contributed by atoms with Gasteiger partial charge in [0.05, 0.1) is 0 Å². The fourth-order valence-electron chi connectivity index (χ4n) is 2.84. The Labute approximate surface area is 125 Å². The number of esters is 1. The molecule has 1 aliphatic carbocycles. The minimum absolute atomic E-state index is 0.146. The van der Waals surface area contributed by atoms with Gasteiger partial charge in [-0.25, -0.2) is 4.79 Å². The topological polar surface area (TPSA) is 84.5 Å². The summed E-state index contributed by atoms with van der Waals surface area (Å²) in [5.74, 6) is -0.920. The van der Waals surface area contributed by atoms with E-state index in [1.54, 1.807) is 6.92 Å². The molecule has 6 nitrogen and oxygen atoms in total. The SMILES string of the molecule is C[C@@H](OC(=O)[C@@H]1CCC(=O)N1)C(=O)NC1CCCCCC1. The average Bonchev–Trinajstić information content (AvgIpc) is 2.72. The second kappa shape index (κ2) is 7.43. The number of ether oxygens (including phenoxy) is 1. The first-order chi connectivity index (χ1) is 10.1. The molecule has 0 unspecified atom stereocenters. The van der Waals surface area contributed by atoms with Gasteiger partial charge in [-0.3, -0.25) is 9.59 Å². The zero-order valence-corrected chi connectivity index (χ0v) is 12.5. The Hall–Kier alpha value is -1.59. The van der Waals surface area contributed by atoms with E-state index in [2.05, 4.69) is 10.6 Å². The first-order valence-electron chi connectivity index (χ1n) is 7.86. The molecule has 1 aliphatic heterocycles. The molecule has 2 amide bonds. The van der Waals surface area contributed by atoms with Crippen LogP contribution in [0.15, 0.2) is 0 Å². The summed E-state index contributed by atoms with van der Waals surface area (Å²) >= 11 is 0. The number of nitrogens with one attached hydrogen (secondary N) is 2. The van der Waals surface area contributed by atoms with Crippen molar-refractivity contribution in [2.45, 2.75) is 76.5 Å². The smallest absolute Gasteiger partial charge is 0.329 e. The van der Waals surface area contributed by atoms with E-state index >= 15 is 0 Å². The van der Waals surface area contributed by atoms with Crippen molar-refractivity contribution in [3.05, 3.63) is 0 Å². The Morgan fingerprint density at radius 3 is 2.43 bits per heavy atom. The average molecular weight is 296 g/mol. The van der Waals surface area contributed by atoms with E-state index in [-0.39, 0.29) is 17.9 Å². The maximum Gasteiger partial charge on any atom is 0.329 e. The fraction of sp³-hybridized carbons (Fsp3) is 0.800. The van der Waals surface area contributed by atoms with Crippen LogP contribution in [0.2, 0.25) is 0 Å². The molecule has 0 aromatic rings. The Morgan fingerprint density at radius 2 is 1.86 bits per heavy atom. The normalized spacial score (nSPS) is 24.8. The number of hydrogen-bond acceptors (Lipinski definition) is 4. The van der Waals surface area contributed by atoms with Crippen molar-refractivity contribution in [1.29, 1.82) is 0 Å². The van der Waals surface area contributed by atoms with Crippen molar-refractivity contribution in [1.82, 2.24) is 10.6 Å². The van der Waals surface area contributed by atoms with Crippen LogP contribution >= 0.6 is 0 Å². The summed E-state index contributed by atoms with van der Waals surface area (Å²) in [6.07, 6.45) is 6.64. The lowest BCUT2D eigenvalue weighted by atomic mass is 10.1. The molecule has 2 rings (SSSR count). The lowest BCUT2D eigenvalue weighted by molar-refractivity contribution is -0.157. The fourth-order valence-corrected chi connectivity index (χ4v) is 2.84. The molecule has 21 heavy (non-hydrogen) atoms. The lowest BCUT2D eigenvalue weighted by Gasteiger charge is -2.20. The summed E-state index contributed by atoms with van der Waals surface area (Å²) in [4.78, 5) is 35.0. The summed E-state index contributed by atoms with van der Waals surface area (Å²) in [7, 11) is 0. The number of amides is 2. The Morgan fingerprint density at radius 1 is 1.19 bits per heavy atom. The highest BCUT2D eigenvalue weighted by Gasteiger charge is 2.31. The second-order valence-electron chi connectivity index (χ2n) is 5.93. The van der Waals surface area contributed by atoms with Crippen LogP contribution in [0.25, 0.3) is 0 Å². The summed E-state index contributed by atoms with van der Waals surface area (Å²) in [5, 5.41) is 5.50. The summed E-state index contributed by atoms with van der Waals surface area (Å²) < 4.78 is 5.15. The zero-order valence-electron chi connectivity index (χ0n) is 12.5. The van der Waals surface area contributed by atoms with Crippen LogP contribution in [0, 0.1) is 0 Å². The highest BCUT2D eigenvalue weighted by Crippen LogP contribution is 2.17. The number of carbonyl (C=O) groups is 3. The molecule has 1 saturated carbocycles. The van der Waals surface area contributed by atoms with Crippen molar-refractivity contribution in [3.63, 3.8) is 0 Å². The van der Waals surface area contributed by atoms with Gasteiger partial charge in [-0.15, -0.1) is 0 Å². The minimum Gasteiger partial charge on any atom is -0.451 e. The van der Waals surface area contributed by atoms with Crippen LogP contribution in [0.5, 0.6) is 0 Å². The molecule has 2 atom stereocenters. The predicted octanol–water partition coefficient (Wildman–Crippen LogP) is 1.04. The largest absolute Gasteiger partial charge is 0.451 e. The van der Waals surface area contributed by atoms with E-state index < -0.39 is 18.1 Å². The van der Waals surface area contributed by atoms with Crippen molar-refractivity contribution in [2.75, 3.05) is 0 Å². The lowest BCUT2D eigenvalue weighted by Crippen LogP contribution is -2.44. The molecule has 1 heterocycles. The third-order valence-electron chi connectivity index (χ3n) is 4.14. The number of rotatable bonds is 4. The molecular weight excluding hydrogens is 272 g/mol. The van der Waals surface area contributed by atoms with Gasteiger partial charge in [0.1, 0.15) is 6.04 Å². The van der Waals surface area contributed by atoms with Crippen LogP contribution in [-0.2, 0) is 19.1 Å². The van der Waals surface area contributed by atoms with Crippen LogP contribution < -0.4 is 10.6 Å². The van der Waals surface area contributed by atoms with Gasteiger partial charge in [-0.2, -0.15) is 0 Å². The number of carbonyl (C=O) groups excluding carboxylic acids is 3. The van der Waals surface area contributed by atoms with E-state index in [9.17, 15) is 14.4 Å². The van der Waals surface area contributed by atoms with Gasteiger partial charge >= 0.3 is 5.97 Å². The van der Waals surface area contributed by atoms with E-state index in [1.165, 1.54) is 12.8 Å². The van der Waals surface area contributed by atoms with Crippen molar-refractivity contribution < 1.29 is 19.1 Å². The van der Waals surface area contributed by atoms with Gasteiger partial charge in [0.15, 0.2) is 6.10 Å². The molecule has 0 aromatic heterocycles. The van der Waals surface area contributed by atoms with Gasteiger partial charge < -0.3 is 15.4 Å². The highest BCUT2D eigenvalue weighted by atomic mass is 16.5. The van der Waals surface area contributed by atoms with E-state index in [0.717, 1.165) is 25.7 Å². The molecule has 118 valence electrons. The van der Waals surface area contributed by atoms with E-state index in [4.69, 9.17) is 4.74 Å². The molecule has 0 radical (unpaired) electrons. The minimum atomic E-state index is -0.821. The van der Waals surface area contributed by atoms with Crippen LogP contribution in [0.4, 0.5) is 0 Å². The van der Waals surface area contributed by atoms with E-state index in [1.807, 2.05) is 0 Å². The second-order valence-corrected chi connectivity index (χ2v) is 5.93. The van der Waals surface area contributed by atoms with Gasteiger partial charge in [0.25, 0.3) is 5.91 Å². The van der Waals surface area contributed by atoms with Gasteiger partial charge in [-0.05, 0) is 26.2 Å². The Bertz CT molecular complexity index is 402. The zero-order chi connectivity index (χ0) is 15.2. The third kappa shape index (κ3) is 4.72. The van der Waals surface area contributed by atoms with Crippen LogP contribution in [0.1, 0.15) is 58.3 Å². The summed E-state index contributed by atoms with van der Waals surface area (Å²) in [6.45, 7) is 1.57. The number of hydrogen-bond donors (Lipinski definition) is 2. The third-order valence-corrected chi connectivity index (χ3v) is 4.14. The maximum atomic E-state index is 12.1. The maximum absolute atomic E-state index is 12.1. The molecular formula is C15H24N2O4. The van der Waals surface area contributed by atoms with Crippen LogP contribution in [0.3, 0.4) is 0 Å². The Kier molecular flexibility index (Phi) is 5.59. The highest BCUT2D eigenvalue weighted by molar-refractivity contribution is 5.90. The quantitative estimate of drug-likeness (QED) is 0.599. The first-order valence-corrected chi connectivity index (χ1v) is 7.86. The molecule has 1 saturated heterocycles. The molecule has 0 spiro atoms. The summed E-state index contributed by atoms with van der Waals surface area (Å²) in [6, 6.07) is -0.419. The predicted molar refractivity (Wildman–Crippen MR) is 76.4 cm³/mol. The molecule has 2 fully saturated rings. The van der Waals surface area contributed by atoms with Crippen molar-refractivity contribution in [2.24, 2.45) is 0 Å². The van der Waals surface area contributed by atoms with E-state index in [0.29, 0.717) is 12.8 Å². The summed E-state index contributed by atoms with van der Waals surface area (Å²) in [5.41, 5.74) is 0. The molecule has 0 aromatic carbocycles. The molecule has 6 heteroatoms. The molecule has 2 N–H and O–H groups in total. The van der Waals surface area contributed by atoms with Crippen molar-refractivity contribution >= 4 is 17.8 Å². The van der Waals surface area contributed by atoms with Crippen LogP contribution in [-0.4, -0.2) is 36.0 Å². The van der Waals surface area contributed by atoms with Gasteiger partial charge in [0.2, 0.25) is 5.91 Å². The Balaban J connectivity index is 1.76. The standard InChI is InChI=1S/C15H24N2O4/c1-10(21-15(20)12-8-9-13(18)17-12)14(19)16-11-6-4-2-3-5-7-11/h10-12H,2-9H2,1H3,(H,16,19)(H,17,18)/t10-,12+/m1/s1. The van der Waals surface area contributed by atoms with Crippen molar-refractivity contribution in [3.8, 4) is 0 Å². The van der Waals surface area contributed by atoms with Gasteiger partial charge in [0, 0.05) is 12.5 Å².